The Morgan fingerprint density at radius 2 is 2.05 bits per heavy atom. The summed E-state index contributed by atoms with van der Waals surface area (Å²) in [6.45, 7) is 2.42. The van der Waals surface area contributed by atoms with Crippen LogP contribution in [-0.4, -0.2) is 24.1 Å². The minimum absolute atomic E-state index is 0.229. The molecule has 2 rings (SSSR count). The van der Waals surface area contributed by atoms with Crippen molar-refractivity contribution >= 4 is 22.3 Å². The highest BCUT2D eigenvalue weighted by molar-refractivity contribution is 7.14. The molecule has 2 aromatic rings. The van der Waals surface area contributed by atoms with Crippen molar-refractivity contribution in [2.75, 3.05) is 18.5 Å². The maximum atomic E-state index is 13.1. The van der Waals surface area contributed by atoms with E-state index in [2.05, 4.69) is 10.3 Å². The molecule has 1 N–H and O–H groups in total. The molecule has 0 spiro atoms. The number of nitrogens with one attached hydrogen (secondary N) is 1. The molecule has 0 saturated heterocycles. The number of benzene rings is 1. The minimum atomic E-state index is -0.602. The van der Waals surface area contributed by atoms with E-state index in [4.69, 9.17) is 4.74 Å². The number of carbonyl (C=O) groups is 1. The molecule has 0 saturated carbocycles. The fourth-order valence-corrected chi connectivity index (χ4v) is 2.49. The third kappa shape index (κ3) is 4.22. The molecule has 0 unspecified atom stereocenters. The van der Waals surface area contributed by atoms with Crippen LogP contribution in [0, 0.1) is 11.6 Å². The Morgan fingerprint density at radius 1 is 1.33 bits per heavy atom. The molecule has 0 aliphatic carbocycles. The fraction of sp³-hybridized carbons (Fsp3) is 0.286. The standard InChI is InChI=1S/C14H14F2N2O2S/c1-2-20-14(19)12-13(21-8-18-12)17-4-3-9-5-10(15)7-11(16)6-9/h5-8,17H,2-4H2,1H3. The quantitative estimate of drug-likeness (QED) is 0.832. The molecular formula is C14H14F2N2O2S. The van der Waals surface area contributed by atoms with Gasteiger partial charge in [0.1, 0.15) is 16.6 Å². The number of carbonyl (C=O) groups excluding carboxylic acids is 1. The van der Waals surface area contributed by atoms with Gasteiger partial charge in [-0.25, -0.2) is 18.6 Å². The molecule has 0 amide bonds. The number of nitrogens with zero attached hydrogens (tertiary/aromatic N) is 1. The zero-order valence-corrected chi connectivity index (χ0v) is 12.2. The molecule has 0 fully saturated rings. The van der Waals surface area contributed by atoms with Crippen molar-refractivity contribution in [1.82, 2.24) is 4.98 Å². The summed E-state index contributed by atoms with van der Waals surface area (Å²) in [5.41, 5.74) is 2.31. The van der Waals surface area contributed by atoms with Crippen LogP contribution in [0.2, 0.25) is 0 Å². The summed E-state index contributed by atoms with van der Waals surface area (Å²) in [6, 6.07) is 3.40. The molecule has 1 heterocycles. The number of ether oxygens (including phenoxy) is 1. The molecule has 4 nitrogen and oxygen atoms in total. The van der Waals surface area contributed by atoms with Crippen LogP contribution in [0.5, 0.6) is 0 Å². The molecule has 112 valence electrons. The average molecular weight is 312 g/mol. The number of aromatic nitrogens is 1. The second-order valence-corrected chi connectivity index (χ2v) is 5.06. The SMILES string of the molecule is CCOC(=O)c1ncsc1NCCc1cc(F)cc(F)c1. The van der Waals surface area contributed by atoms with Crippen LogP contribution in [-0.2, 0) is 11.2 Å². The third-order valence-electron chi connectivity index (χ3n) is 2.66. The number of hydrogen-bond acceptors (Lipinski definition) is 5. The van der Waals surface area contributed by atoms with E-state index in [0.717, 1.165) is 6.07 Å². The van der Waals surface area contributed by atoms with Crippen molar-refractivity contribution in [2.24, 2.45) is 0 Å². The van der Waals surface area contributed by atoms with E-state index in [1.165, 1.54) is 29.0 Å². The topological polar surface area (TPSA) is 51.2 Å². The first-order valence-corrected chi connectivity index (χ1v) is 7.27. The monoisotopic (exact) mass is 312 g/mol. The summed E-state index contributed by atoms with van der Waals surface area (Å²) in [7, 11) is 0. The van der Waals surface area contributed by atoms with Gasteiger partial charge in [0.15, 0.2) is 5.69 Å². The molecule has 21 heavy (non-hydrogen) atoms. The van der Waals surface area contributed by atoms with E-state index < -0.39 is 17.6 Å². The molecule has 7 heteroatoms. The highest BCUT2D eigenvalue weighted by atomic mass is 32.1. The van der Waals surface area contributed by atoms with Crippen molar-refractivity contribution in [1.29, 1.82) is 0 Å². The van der Waals surface area contributed by atoms with Crippen molar-refractivity contribution in [2.45, 2.75) is 13.3 Å². The molecule has 0 bridgehead atoms. The summed E-state index contributed by atoms with van der Waals surface area (Å²) in [4.78, 5) is 15.6. The predicted octanol–water partition coefficient (Wildman–Crippen LogP) is 3.25. The van der Waals surface area contributed by atoms with Gasteiger partial charge in [-0.3, -0.25) is 0 Å². The summed E-state index contributed by atoms with van der Waals surface area (Å²) < 4.78 is 31.0. The zero-order valence-electron chi connectivity index (χ0n) is 11.4. The lowest BCUT2D eigenvalue weighted by molar-refractivity contribution is 0.0521. The van der Waals surface area contributed by atoms with Gasteiger partial charge in [-0.15, -0.1) is 11.3 Å². The maximum absolute atomic E-state index is 13.1. The van der Waals surface area contributed by atoms with Crippen molar-refractivity contribution < 1.29 is 18.3 Å². The molecular weight excluding hydrogens is 298 g/mol. The normalized spacial score (nSPS) is 10.4. The van der Waals surface area contributed by atoms with Gasteiger partial charge in [0.2, 0.25) is 0 Å². The second-order valence-electron chi connectivity index (χ2n) is 4.21. The third-order valence-corrected chi connectivity index (χ3v) is 3.44. The summed E-state index contributed by atoms with van der Waals surface area (Å²) in [5, 5.41) is 3.62. The van der Waals surface area contributed by atoms with E-state index in [0.29, 0.717) is 23.5 Å². The Morgan fingerprint density at radius 3 is 2.71 bits per heavy atom. The first-order valence-electron chi connectivity index (χ1n) is 6.39. The van der Waals surface area contributed by atoms with E-state index in [1.807, 2.05) is 0 Å². The molecule has 1 aromatic carbocycles. The summed E-state index contributed by atoms with van der Waals surface area (Å²) in [5.74, 6) is -1.69. The number of hydrogen-bond donors (Lipinski definition) is 1. The van der Waals surface area contributed by atoms with Crippen molar-refractivity contribution in [3.8, 4) is 0 Å². The Kier molecular flexibility index (Phi) is 5.21. The van der Waals surface area contributed by atoms with Gasteiger partial charge in [0.05, 0.1) is 12.1 Å². The van der Waals surface area contributed by atoms with E-state index in [9.17, 15) is 13.6 Å². The Bertz CT molecular complexity index is 611. The van der Waals surface area contributed by atoms with Crippen molar-refractivity contribution in [3.05, 3.63) is 46.6 Å². The summed E-state index contributed by atoms with van der Waals surface area (Å²) >= 11 is 1.27. The molecule has 0 radical (unpaired) electrons. The van der Waals surface area contributed by atoms with E-state index >= 15 is 0 Å². The number of anilines is 1. The van der Waals surface area contributed by atoms with Gasteiger partial charge < -0.3 is 10.1 Å². The van der Waals surface area contributed by atoms with E-state index in [-0.39, 0.29) is 12.3 Å². The lowest BCUT2D eigenvalue weighted by atomic mass is 10.1. The Labute approximate surface area is 124 Å². The predicted molar refractivity (Wildman–Crippen MR) is 76.6 cm³/mol. The molecule has 0 aliphatic rings. The smallest absolute Gasteiger partial charge is 0.360 e. The highest BCUT2D eigenvalue weighted by Crippen LogP contribution is 2.21. The summed E-state index contributed by atoms with van der Waals surface area (Å²) in [6.07, 6.45) is 0.425. The van der Waals surface area contributed by atoms with Crippen LogP contribution in [0.1, 0.15) is 23.0 Å². The average Bonchev–Trinajstić information content (AvgIpc) is 2.86. The lowest BCUT2D eigenvalue weighted by Crippen LogP contribution is -2.11. The fourth-order valence-electron chi connectivity index (χ4n) is 1.79. The number of thiazole rings is 1. The van der Waals surface area contributed by atoms with Crippen LogP contribution in [0.15, 0.2) is 23.7 Å². The van der Waals surface area contributed by atoms with Crippen LogP contribution in [0.25, 0.3) is 0 Å². The number of rotatable bonds is 6. The second kappa shape index (κ2) is 7.12. The Balaban J connectivity index is 1.95. The molecule has 0 atom stereocenters. The molecule has 0 aliphatic heterocycles. The first-order chi connectivity index (χ1) is 10.1. The van der Waals surface area contributed by atoms with Crippen LogP contribution >= 0.6 is 11.3 Å². The van der Waals surface area contributed by atoms with Crippen LogP contribution < -0.4 is 5.32 Å². The maximum Gasteiger partial charge on any atom is 0.360 e. The van der Waals surface area contributed by atoms with Gasteiger partial charge in [0, 0.05) is 12.6 Å². The molecule has 1 aromatic heterocycles. The van der Waals surface area contributed by atoms with Gasteiger partial charge in [-0.2, -0.15) is 0 Å². The minimum Gasteiger partial charge on any atom is -0.461 e. The Hall–Kier alpha value is -2.02. The van der Waals surface area contributed by atoms with Gasteiger partial charge >= 0.3 is 5.97 Å². The van der Waals surface area contributed by atoms with Gasteiger partial charge in [-0.1, -0.05) is 0 Å². The van der Waals surface area contributed by atoms with Gasteiger partial charge in [0.25, 0.3) is 0 Å². The highest BCUT2D eigenvalue weighted by Gasteiger charge is 2.15. The largest absolute Gasteiger partial charge is 0.461 e. The van der Waals surface area contributed by atoms with Crippen LogP contribution in [0.3, 0.4) is 0 Å². The van der Waals surface area contributed by atoms with Gasteiger partial charge in [-0.05, 0) is 31.0 Å². The number of esters is 1. The van der Waals surface area contributed by atoms with Crippen molar-refractivity contribution in [3.63, 3.8) is 0 Å². The first kappa shape index (κ1) is 15.4. The van der Waals surface area contributed by atoms with Crippen LogP contribution in [0.4, 0.5) is 13.8 Å². The number of halogens is 2. The van der Waals surface area contributed by atoms with E-state index in [1.54, 1.807) is 6.92 Å². The zero-order chi connectivity index (χ0) is 15.2. The lowest BCUT2D eigenvalue weighted by Gasteiger charge is -2.06.